The Kier molecular flexibility index (Phi) is 3.77. The van der Waals surface area contributed by atoms with Crippen LogP contribution in [0.25, 0.3) is 0 Å². The highest BCUT2D eigenvalue weighted by Crippen LogP contribution is 2.37. The standard InChI is InChI=1S/C17H14BrN3O2/c1-9(18)8-11-13(17(23)21(3)16(11)19-2)14-15(22)10-6-4-5-7-12(10)20-14/h4-8,20H,2H2,1,3H3/b9-8+,14-13-. The van der Waals surface area contributed by atoms with Gasteiger partial charge in [-0.05, 0) is 36.3 Å². The van der Waals surface area contributed by atoms with E-state index in [4.69, 9.17) is 0 Å². The van der Waals surface area contributed by atoms with Crippen molar-refractivity contribution in [3.05, 3.63) is 63.1 Å². The molecule has 2 heterocycles. The summed E-state index contributed by atoms with van der Waals surface area (Å²) in [6, 6.07) is 7.19. The summed E-state index contributed by atoms with van der Waals surface area (Å²) in [6.07, 6.45) is 1.77. The van der Waals surface area contributed by atoms with Crippen molar-refractivity contribution in [2.24, 2.45) is 4.99 Å². The molecule has 0 unspecified atom stereocenters. The molecule has 116 valence electrons. The average Bonchev–Trinajstić information content (AvgIpc) is 2.95. The first kappa shape index (κ1) is 15.4. The number of carbonyl (C=O) groups excluding carboxylic acids is 2. The van der Waals surface area contributed by atoms with Crippen molar-refractivity contribution < 1.29 is 9.59 Å². The van der Waals surface area contributed by atoms with Crippen LogP contribution < -0.4 is 5.32 Å². The predicted octanol–water partition coefficient (Wildman–Crippen LogP) is 3.23. The monoisotopic (exact) mass is 371 g/mol. The molecule has 0 radical (unpaired) electrons. The number of Topliss-reactive ketones (excluding diaryl/α,β-unsaturated/α-hetero) is 1. The third-order valence-electron chi connectivity index (χ3n) is 3.75. The molecule has 1 aromatic carbocycles. The summed E-state index contributed by atoms with van der Waals surface area (Å²) in [4.78, 5) is 30.7. The van der Waals surface area contributed by atoms with Crippen LogP contribution in [0.15, 0.2) is 62.5 Å². The number of amides is 1. The summed E-state index contributed by atoms with van der Waals surface area (Å²) in [5, 5.41) is 3.07. The summed E-state index contributed by atoms with van der Waals surface area (Å²) in [5.74, 6) is -0.0429. The number of carbonyl (C=O) groups is 2. The molecule has 0 fully saturated rings. The quantitative estimate of drug-likeness (QED) is 0.641. The highest BCUT2D eigenvalue weighted by Gasteiger charge is 2.38. The molecule has 23 heavy (non-hydrogen) atoms. The van der Waals surface area contributed by atoms with Gasteiger partial charge in [0.05, 0.1) is 5.57 Å². The zero-order valence-corrected chi connectivity index (χ0v) is 14.3. The number of aliphatic imine (C=N–C) groups is 1. The second-order valence-electron chi connectivity index (χ2n) is 5.24. The second kappa shape index (κ2) is 5.62. The maximum atomic E-state index is 12.7. The molecule has 1 aromatic rings. The topological polar surface area (TPSA) is 61.8 Å². The summed E-state index contributed by atoms with van der Waals surface area (Å²) in [5.41, 5.74) is 2.43. The van der Waals surface area contributed by atoms with Crippen LogP contribution >= 0.6 is 15.9 Å². The summed E-state index contributed by atoms with van der Waals surface area (Å²) >= 11 is 3.37. The van der Waals surface area contributed by atoms with E-state index in [-0.39, 0.29) is 17.4 Å². The van der Waals surface area contributed by atoms with E-state index in [1.165, 1.54) is 4.90 Å². The molecular formula is C17H14BrN3O2. The highest BCUT2D eigenvalue weighted by molar-refractivity contribution is 9.11. The molecule has 0 spiro atoms. The van der Waals surface area contributed by atoms with Crippen molar-refractivity contribution in [2.75, 3.05) is 12.4 Å². The van der Waals surface area contributed by atoms with E-state index in [2.05, 4.69) is 33.0 Å². The SMILES string of the molecule is C=NC1=C(/C=C(\C)Br)/C(=C2/Nc3ccccc3C2=O)C(=O)N1C. The third kappa shape index (κ3) is 2.35. The van der Waals surface area contributed by atoms with Crippen LogP contribution in [0.5, 0.6) is 0 Å². The summed E-state index contributed by atoms with van der Waals surface area (Å²) in [7, 11) is 1.61. The molecular weight excluding hydrogens is 358 g/mol. The Balaban J connectivity index is 2.24. The van der Waals surface area contributed by atoms with E-state index in [0.717, 1.165) is 4.48 Å². The van der Waals surface area contributed by atoms with Crippen LogP contribution in [0, 0.1) is 0 Å². The first-order chi connectivity index (χ1) is 11.0. The van der Waals surface area contributed by atoms with E-state index in [1.807, 2.05) is 19.1 Å². The molecule has 1 N–H and O–H groups in total. The Morgan fingerprint density at radius 2 is 2.04 bits per heavy atom. The van der Waals surface area contributed by atoms with Gasteiger partial charge in [-0.25, -0.2) is 4.99 Å². The number of nitrogens with one attached hydrogen (secondary N) is 1. The lowest BCUT2D eigenvalue weighted by Crippen LogP contribution is -2.22. The van der Waals surface area contributed by atoms with Gasteiger partial charge in [-0.15, -0.1) is 0 Å². The van der Waals surface area contributed by atoms with Gasteiger partial charge in [-0.2, -0.15) is 0 Å². The Morgan fingerprint density at radius 3 is 2.65 bits per heavy atom. The maximum Gasteiger partial charge on any atom is 0.262 e. The van der Waals surface area contributed by atoms with Gasteiger partial charge in [0.2, 0.25) is 5.78 Å². The Hall–Kier alpha value is -2.47. The molecule has 0 atom stereocenters. The van der Waals surface area contributed by atoms with Gasteiger partial charge < -0.3 is 5.32 Å². The minimum absolute atomic E-state index is 0.194. The van der Waals surface area contributed by atoms with E-state index in [0.29, 0.717) is 28.2 Å². The highest BCUT2D eigenvalue weighted by atomic mass is 79.9. The number of rotatable bonds is 2. The number of fused-ring (bicyclic) bond motifs is 1. The second-order valence-corrected chi connectivity index (χ2v) is 6.49. The Bertz CT molecular complexity index is 845. The molecule has 6 heteroatoms. The first-order valence-electron chi connectivity index (χ1n) is 6.94. The van der Waals surface area contributed by atoms with Gasteiger partial charge in [-0.1, -0.05) is 28.1 Å². The number of hydrogen-bond donors (Lipinski definition) is 1. The zero-order chi connectivity index (χ0) is 16.7. The third-order valence-corrected chi connectivity index (χ3v) is 3.98. The molecule has 0 aromatic heterocycles. The fourth-order valence-electron chi connectivity index (χ4n) is 2.73. The normalized spacial score (nSPS) is 21.0. The molecule has 1 amide bonds. The molecule has 3 rings (SSSR count). The van der Waals surface area contributed by atoms with Crippen molar-refractivity contribution in [3.8, 4) is 0 Å². The first-order valence-corrected chi connectivity index (χ1v) is 7.73. The van der Waals surface area contributed by atoms with E-state index in [1.54, 1.807) is 25.3 Å². The number of anilines is 1. The number of benzene rings is 1. The van der Waals surface area contributed by atoms with E-state index < -0.39 is 0 Å². The van der Waals surface area contributed by atoms with Crippen molar-refractivity contribution in [3.63, 3.8) is 0 Å². The van der Waals surface area contributed by atoms with Crippen molar-refractivity contribution in [1.82, 2.24) is 4.90 Å². The number of ketones is 1. The number of nitrogens with zero attached hydrogens (tertiary/aromatic N) is 2. The van der Waals surface area contributed by atoms with Crippen LogP contribution in [-0.2, 0) is 4.79 Å². The molecule has 2 aliphatic rings. The van der Waals surface area contributed by atoms with Crippen molar-refractivity contribution in [2.45, 2.75) is 6.92 Å². The van der Waals surface area contributed by atoms with Gasteiger partial charge in [0.15, 0.2) is 0 Å². The molecule has 5 nitrogen and oxygen atoms in total. The summed E-state index contributed by atoms with van der Waals surface area (Å²) < 4.78 is 0.817. The Morgan fingerprint density at radius 1 is 1.35 bits per heavy atom. The minimum Gasteiger partial charge on any atom is -0.351 e. The van der Waals surface area contributed by atoms with Crippen molar-refractivity contribution in [1.29, 1.82) is 0 Å². The van der Waals surface area contributed by atoms with Gasteiger partial charge in [-0.3, -0.25) is 14.5 Å². The van der Waals surface area contributed by atoms with Gasteiger partial charge in [0.25, 0.3) is 5.91 Å². The molecule has 0 saturated heterocycles. The number of para-hydroxylation sites is 1. The predicted molar refractivity (Wildman–Crippen MR) is 93.5 cm³/mol. The smallest absolute Gasteiger partial charge is 0.262 e. The van der Waals surface area contributed by atoms with Gasteiger partial charge >= 0.3 is 0 Å². The lowest BCUT2D eigenvalue weighted by atomic mass is 10.0. The van der Waals surface area contributed by atoms with E-state index in [9.17, 15) is 9.59 Å². The van der Waals surface area contributed by atoms with Crippen molar-refractivity contribution >= 4 is 40.0 Å². The molecule has 2 aliphatic heterocycles. The number of halogens is 1. The van der Waals surface area contributed by atoms with Gasteiger partial charge in [0, 0.05) is 23.9 Å². The molecule has 0 saturated carbocycles. The largest absolute Gasteiger partial charge is 0.351 e. The molecule has 0 bridgehead atoms. The Labute approximate surface area is 142 Å². The lowest BCUT2D eigenvalue weighted by Gasteiger charge is -2.09. The fourth-order valence-corrected chi connectivity index (χ4v) is 2.96. The number of likely N-dealkylation sites (N-methyl/N-ethyl adjacent to an activating group) is 1. The van der Waals surface area contributed by atoms with Gasteiger partial charge in [0.1, 0.15) is 11.5 Å². The van der Waals surface area contributed by atoms with Crippen LogP contribution in [0.1, 0.15) is 17.3 Å². The van der Waals surface area contributed by atoms with Crippen LogP contribution in [-0.4, -0.2) is 30.4 Å². The van der Waals surface area contributed by atoms with E-state index >= 15 is 0 Å². The zero-order valence-electron chi connectivity index (χ0n) is 12.7. The number of hydrogen-bond acceptors (Lipinski definition) is 4. The molecule has 0 aliphatic carbocycles. The summed E-state index contributed by atoms with van der Waals surface area (Å²) in [6.45, 7) is 5.38. The van der Waals surface area contributed by atoms with Crippen LogP contribution in [0.2, 0.25) is 0 Å². The number of allylic oxidation sites excluding steroid dienone is 3. The maximum absolute atomic E-state index is 12.7. The minimum atomic E-state index is -0.281. The lowest BCUT2D eigenvalue weighted by molar-refractivity contribution is -0.123. The fraction of sp³-hybridized carbons (Fsp3) is 0.118. The average molecular weight is 372 g/mol. The van der Waals surface area contributed by atoms with Crippen LogP contribution in [0.3, 0.4) is 0 Å². The van der Waals surface area contributed by atoms with Crippen LogP contribution in [0.4, 0.5) is 5.69 Å².